The third-order valence-electron chi connectivity index (χ3n) is 10.7. The molecule has 4 rings (SSSR count). The number of hydrogen-bond donors (Lipinski definition) is 4. The molecule has 2 aliphatic carbocycles. The molecule has 6 atom stereocenters. The minimum atomic E-state index is -3.77. The normalized spacial score (nSPS) is 23.3. The van der Waals surface area contributed by atoms with Crippen molar-refractivity contribution < 1.29 is 32.4 Å². The van der Waals surface area contributed by atoms with Gasteiger partial charge in [-0.2, -0.15) is 4.31 Å². The molecule has 2 heterocycles. The second-order valence-corrected chi connectivity index (χ2v) is 19.7. The maximum Gasteiger partial charge on any atom is 0.315 e. The SMILES string of the molecule is CN(C[C@@H](NC(=O)N[C@H](C(=O)N1C[C@@H]2CCCC[C@@H]2[C@H]1C(=O)NC(CC1CCC1)C(=O)C(N)=O)C(C)(C)C)C(C)(C)C)S(=O)(=O)c1cccs1. The van der Waals surface area contributed by atoms with Gasteiger partial charge in [0.2, 0.25) is 17.6 Å². The second-order valence-electron chi connectivity index (χ2n) is 16.5. The number of urea groups is 1. The van der Waals surface area contributed by atoms with Crippen molar-refractivity contribution in [3.8, 4) is 0 Å². The summed E-state index contributed by atoms with van der Waals surface area (Å²) in [7, 11) is -2.30. The van der Waals surface area contributed by atoms with Gasteiger partial charge in [0, 0.05) is 26.2 Å². The van der Waals surface area contributed by atoms with Crippen LogP contribution in [0.1, 0.15) is 92.9 Å². The summed E-state index contributed by atoms with van der Waals surface area (Å²) in [5, 5.41) is 10.3. The predicted molar refractivity (Wildman–Crippen MR) is 191 cm³/mol. The van der Waals surface area contributed by atoms with Crippen LogP contribution in [-0.2, 0) is 29.2 Å². The van der Waals surface area contributed by atoms with Gasteiger partial charge in [0.25, 0.3) is 15.9 Å². The first-order chi connectivity index (χ1) is 23.2. The van der Waals surface area contributed by atoms with Crippen LogP contribution in [0.3, 0.4) is 0 Å². The van der Waals surface area contributed by atoms with Crippen LogP contribution in [0.4, 0.5) is 4.79 Å². The molecule has 50 heavy (non-hydrogen) atoms. The fraction of sp³-hybridized carbons (Fsp3) is 0.743. The van der Waals surface area contributed by atoms with Crippen molar-refractivity contribution in [1.29, 1.82) is 0 Å². The number of sulfonamides is 1. The van der Waals surface area contributed by atoms with Crippen molar-refractivity contribution in [2.24, 2.45) is 34.3 Å². The van der Waals surface area contributed by atoms with Crippen molar-refractivity contribution in [3.05, 3.63) is 17.5 Å². The van der Waals surface area contributed by atoms with Gasteiger partial charge in [0.15, 0.2) is 0 Å². The van der Waals surface area contributed by atoms with Crippen LogP contribution < -0.4 is 21.7 Å². The number of fused-ring (bicyclic) bond motifs is 1. The van der Waals surface area contributed by atoms with Crippen LogP contribution in [0.5, 0.6) is 0 Å². The van der Waals surface area contributed by atoms with Crippen LogP contribution in [-0.4, -0.2) is 91.5 Å². The molecule has 0 aromatic carbocycles. The van der Waals surface area contributed by atoms with Gasteiger partial charge in [0.05, 0.1) is 6.04 Å². The number of primary amides is 1. The lowest BCUT2D eigenvalue weighted by atomic mass is 9.77. The molecular formula is C35H56N6O7S2. The molecule has 5 amide bonds. The topological polar surface area (TPSA) is 188 Å². The Morgan fingerprint density at radius 1 is 0.960 bits per heavy atom. The van der Waals surface area contributed by atoms with Crippen LogP contribution in [0, 0.1) is 28.6 Å². The quantitative estimate of drug-likeness (QED) is 0.224. The number of likely N-dealkylation sites (tertiary alicyclic amines) is 1. The number of thiophene rings is 1. The van der Waals surface area contributed by atoms with Gasteiger partial charge in [0.1, 0.15) is 16.3 Å². The van der Waals surface area contributed by atoms with Crippen LogP contribution in [0.2, 0.25) is 0 Å². The number of ketones is 1. The van der Waals surface area contributed by atoms with E-state index in [1.807, 2.05) is 41.5 Å². The molecule has 280 valence electrons. The Labute approximate surface area is 300 Å². The van der Waals surface area contributed by atoms with E-state index in [2.05, 4.69) is 16.0 Å². The van der Waals surface area contributed by atoms with Crippen molar-refractivity contribution in [2.75, 3.05) is 20.1 Å². The minimum Gasteiger partial charge on any atom is -0.363 e. The monoisotopic (exact) mass is 736 g/mol. The number of likely N-dealkylation sites (N-methyl/N-ethyl adjacent to an activating group) is 1. The summed E-state index contributed by atoms with van der Waals surface area (Å²) < 4.78 is 27.8. The van der Waals surface area contributed by atoms with Crippen LogP contribution in [0.25, 0.3) is 0 Å². The number of carbonyl (C=O) groups excluding carboxylic acids is 5. The van der Waals surface area contributed by atoms with Gasteiger partial charge in [-0.1, -0.05) is 79.7 Å². The van der Waals surface area contributed by atoms with Gasteiger partial charge in [-0.3, -0.25) is 19.2 Å². The first-order valence-electron chi connectivity index (χ1n) is 17.7. The molecule has 1 aromatic heterocycles. The van der Waals surface area contributed by atoms with E-state index >= 15 is 0 Å². The number of rotatable bonds is 13. The van der Waals surface area contributed by atoms with Crippen molar-refractivity contribution in [1.82, 2.24) is 25.2 Å². The summed E-state index contributed by atoms with van der Waals surface area (Å²) in [4.78, 5) is 68.6. The Morgan fingerprint density at radius 2 is 1.62 bits per heavy atom. The molecule has 1 saturated heterocycles. The van der Waals surface area contributed by atoms with Crippen LogP contribution in [0.15, 0.2) is 21.7 Å². The third kappa shape index (κ3) is 9.24. The Bertz CT molecular complexity index is 1510. The van der Waals surface area contributed by atoms with E-state index in [9.17, 15) is 32.4 Å². The predicted octanol–water partition coefficient (Wildman–Crippen LogP) is 3.24. The molecule has 3 fully saturated rings. The minimum absolute atomic E-state index is 0.00490. The number of hydrogen-bond acceptors (Lipinski definition) is 8. The van der Waals surface area contributed by atoms with Gasteiger partial charge in [-0.05, 0) is 59.3 Å². The molecule has 3 aliphatic rings. The highest BCUT2D eigenvalue weighted by molar-refractivity contribution is 7.91. The first kappa shape index (κ1) is 39.7. The van der Waals surface area contributed by atoms with Gasteiger partial charge >= 0.3 is 6.03 Å². The molecule has 1 aromatic rings. The molecule has 0 radical (unpaired) electrons. The highest BCUT2D eigenvalue weighted by atomic mass is 32.2. The largest absolute Gasteiger partial charge is 0.363 e. The average Bonchev–Trinajstić information content (AvgIpc) is 3.68. The molecule has 0 bridgehead atoms. The zero-order chi connectivity index (χ0) is 37.2. The molecule has 1 aliphatic heterocycles. The van der Waals surface area contributed by atoms with E-state index in [-0.39, 0.29) is 28.5 Å². The van der Waals surface area contributed by atoms with Gasteiger partial charge < -0.3 is 26.6 Å². The first-order valence-corrected chi connectivity index (χ1v) is 20.0. The number of carbonyl (C=O) groups is 5. The van der Waals surface area contributed by atoms with E-state index in [1.165, 1.54) is 17.4 Å². The summed E-state index contributed by atoms with van der Waals surface area (Å²) in [5.74, 6) is -2.66. The third-order valence-corrected chi connectivity index (χ3v) is 13.9. The van der Waals surface area contributed by atoms with Crippen molar-refractivity contribution >= 4 is 50.9 Å². The molecule has 15 heteroatoms. The van der Waals surface area contributed by atoms with E-state index in [0.29, 0.717) is 13.0 Å². The summed E-state index contributed by atoms with van der Waals surface area (Å²) in [6.45, 7) is 11.5. The molecule has 0 spiro atoms. The molecule has 13 nitrogen and oxygen atoms in total. The lowest BCUT2D eigenvalue weighted by Gasteiger charge is -2.38. The second kappa shape index (κ2) is 15.7. The number of nitrogens with two attached hydrogens (primary N) is 1. The number of Topliss-reactive ketones (excluding diaryl/α,β-unsaturated/α-hetero) is 1. The van der Waals surface area contributed by atoms with E-state index in [1.54, 1.807) is 16.3 Å². The van der Waals surface area contributed by atoms with Crippen LogP contribution >= 0.6 is 11.3 Å². The maximum atomic E-state index is 14.5. The lowest BCUT2D eigenvalue weighted by Crippen LogP contribution is -2.62. The molecule has 2 saturated carbocycles. The zero-order valence-electron chi connectivity index (χ0n) is 30.5. The van der Waals surface area contributed by atoms with E-state index < -0.39 is 74.6 Å². The van der Waals surface area contributed by atoms with Crippen molar-refractivity contribution in [2.45, 2.75) is 121 Å². The Hall–Kier alpha value is -3.04. The number of nitrogens with zero attached hydrogens (tertiary/aromatic N) is 2. The molecular weight excluding hydrogens is 681 g/mol. The lowest BCUT2D eigenvalue weighted by molar-refractivity contribution is -0.144. The Balaban J connectivity index is 1.55. The van der Waals surface area contributed by atoms with Crippen molar-refractivity contribution in [3.63, 3.8) is 0 Å². The number of nitrogens with one attached hydrogen (secondary N) is 3. The molecule has 5 N–H and O–H groups in total. The summed E-state index contributed by atoms with van der Waals surface area (Å²) in [6, 6.07) is -1.02. The highest BCUT2D eigenvalue weighted by Crippen LogP contribution is 2.42. The summed E-state index contributed by atoms with van der Waals surface area (Å²) in [5.41, 5.74) is 4.04. The Kier molecular flexibility index (Phi) is 12.5. The smallest absolute Gasteiger partial charge is 0.315 e. The summed E-state index contributed by atoms with van der Waals surface area (Å²) in [6.07, 6.45) is 6.67. The van der Waals surface area contributed by atoms with Gasteiger partial charge in [-0.25, -0.2) is 13.2 Å². The summed E-state index contributed by atoms with van der Waals surface area (Å²) >= 11 is 1.12. The van der Waals surface area contributed by atoms with E-state index in [0.717, 1.165) is 56.3 Å². The Morgan fingerprint density at radius 3 is 2.16 bits per heavy atom. The maximum absolute atomic E-state index is 14.5. The fourth-order valence-corrected chi connectivity index (χ4v) is 9.75. The fourth-order valence-electron chi connectivity index (χ4n) is 7.36. The average molecular weight is 737 g/mol. The van der Waals surface area contributed by atoms with E-state index in [4.69, 9.17) is 5.73 Å². The van der Waals surface area contributed by atoms with Gasteiger partial charge in [-0.15, -0.1) is 11.3 Å². The zero-order valence-corrected chi connectivity index (χ0v) is 32.1. The standard InChI is InChI=1S/C35H56N6O7S2/c1-34(2,3)25(20-40(7)50(47,48)26-16-11-17-49-26)38-33(46)39-29(35(4,5)6)32(45)41-19-22-14-8-9-15-23(22)27(41)31(44)37-24(28(42)30(36)43)18-21-12-10-13-21/h11,16-17,21-25,27,29H,8-10,12-15,18-20H2,1-7H3,(H2,36,43)(H,37,44)(H2,38,39,46)/t22-,23-,24?,25+,27-,29+/m0/s1. The highest BCUT2D eigenvalue weighted by Gasteiger charge is 2.51. The number of amides is 5. The molecule has 1 unspecified atom stereocenters.